The van der Waals surface area contributed by atoms with Gasteiger partial charge < -0.3 is 10.5 Å². The zero-order chi connectivity index (χ0) is 12.5. The van der Waals surface area contributed by atoms with Crippen LogP contribution < -0.4 is 5.73 Å². The Kier molecular flexibility index (Phi) is 7.25. The van der Waals surface area contributed by atoms with Crippen LogP contribution in [0.4, 0.5) is 0 Å². The molecule has 1 saturated carbocycles. The summed E-state index contributed by atoms with van der Waals surface area (Å²) in [5.74, 6) is 0.437. The van der Waals surface area contributed by atoms with Crippen molar-refractivity contribution in [1.82, 2.24) is 0 Å². The van der Waals surface area contributed by atoms with Crippen molar-refractivity contribution in [3.05, 3.63) is 0 Å². The fourth-order valence-electron chi connectivity index (χ4n) is 2.61. The van der Waals surface area contributed by atoms with Crippen molar-refractivity contribution in [2.75, 3.05) is 13.2 Å². The normalized spacial score (nSPS) is 23.9. The SMILES string of the molecule is CCCCCCCOC(=O)C1CCCC1CN. The number of hydrogen-bond donors (Lipinski definition) is 1. The highest BCUT2D eigenvalue weighted by molar-refractivity contribution is 5.73. The van der Waals surface area contributed by atoms with Crippen molar-refractivity contribution in [3.8, 4) is 0 Å². The molecule has 3 heteroatoms. The Morgan fingerprint density at radius 2 is 2.00 bits per heavy atom. The van der Waals surface area contributed by atoms with Crippen LogP contribution >= 0.6 is 0 Å². The first-order valence-electron chi connectivity index (χ1n) is 7.16. The standard InChI is InChI=1S/C14H27NO2/c1-2-3-4-5-6-10-17-14(16)13-9-7-8-12(13)11-15/h12-13H,2-11,15H2,1H3. The number of carbonyl (C=O) groups is 1. The Hall–Kier alpha value is -0.570. The number of unbranched alkanes of at least 4 members (excludes halogenated alkanes) is 4. The number of rotatable bonds is 8. The summed E-state index contributed by atoms with van der Waals surface area (Å²) in [7, 11) is 0. The highest BCUT2D eigenvalue weighted by Crippen LogP contribution is 2.31. The second kappa shape index (κ2) is 8.51. The zero-order valence-electron chi connectivity index (χ0n) is 11.1. The number of carbonyl (C=O) groups excluding carboxylic acids is 1. The van der Waals surface area contributed by atoms with Crippen molar-refractivity contribution in [3.63, 3.8) is 0 Å². The fourth-order valence-corrected chi connectivity index (χ4v) is 2.61. The lowest BCUT2D eigenvalue weighted by molar-refractivity contribution is -0.149. The minimum absolute atomic E-state index is 0.00607. The molecule has 0 amide bonds. The van der Waals surface area contributed by atoms with Gasteiger partial charge in [-0.25, -0.2) is 0 Å². The van der Waals surface area contributed by atoms with Crippen LogP contribution in [-0.2, 0) is 9.53 Å². The zero-order valence-corrected chi connectivity index (χ0v) is 11.1. The summed E-state index contributed by atoms with van der Waals surface area (Å²) < 4.78 is 5.34. The third-order valence-corrected chi connectivity index (χ3v) is 3.76. The van der Waals surface area contributed by atoms with Crippen LogP contribution in [-0.4, -0.2) is 19.1 Å². The van der Waals surface area contributed by atoms with Gasteiger partial charge in [-0.2, -0.15) is 0 Å². The van der Waals surface area contributed by atoms with Gasteiger partial charge in [0.15, 0.2) is 0 Å². The lowest BCUT2D eigenvalue weighted by Crippen LogP contribution is -2.27. The van der Waals surface area contributed by atoms with E-state index in [0.29, 0.717) is 19.1 Å². The molecule has 100 valence electrons. The molecular formula is C14H27NO2. The number of nitrogens with two attached hydrogens (primary N) is 1. The summed E-state index contributed by atoms with van der Waals surface area (Å²) in [5, 5.41) is 0. The van der Waals surface area contributed by atoms with E-state index in [-0.39, 0.29) is 11.9 Å². The molecule has 0 spiro atoms. The molecule has 2 unspecified atom stereocenters. The van der Waals surface area contributed by atoms with Gasteiger partial charge in [-0.15, -0.1) is 0 Å². The molecule has 1 aliphatic carbocycles. The summed E-state index contributed by atoms with van der Waals surface area (Å²) in [6, 6.07) is 0. The van der Waals surface area contributed by atoms with Gasteiger partial charge in [0, 0.05) is 0 Å². The lowest BCUT2D eigenvalue weighted by atomic mass is 9.96. The molecule has 0 heterocycles. The fraction of sp³-hybridized carbons (Fsp3) is 0.929. The smallest absolute Gasteiger partial charge is 0.309 e. The van der Waals surface area contributed by atoms with E-state index in [1.54, 1.807) is 0 Å². The van der Waals surface area contributed by atoms with Gasteiger partial charge >= 0.3 is 5.97 Å². The van der Waals surface area contributed by atoms with Crippen LogP contribution in [0.2, 0.25) is 0 Å². The van der Waals surface area contributed by atoms with Crippen LogP contribution in [0.5, 0.6) is 0 Å². The molecule has 2 atom stereocenters. The Morgan fingerprint density at radius 3 is 2.71 bits per heavy atom. The van der Waals surface area contributed by atoms with Crippen molar-refractivity contribution in [2.24, 2.45) is 17.6 Å². The average Bonchev–Trinajstić information content (AvgIpc) is 2.81. The third kappa shape index (κ3) is 5.07. The molecule has 0 saturated heterocycles. The van der Waals surface area contributed by atoms with E-state index in [2.05, 4.69) is 6.92 Å². The second-order valence-electron chi connectivity index (χ2n) is 5.11. The predicted octanol–water partition coefficient (Wildman–Crippen LogP) is 2.88. The maximum Gasteiger partial charge on any atom is 0.309 e. The van der Waals surface area contributed by atoms with Crippen molar-refractivity contribution >= 4 is 5.97 Å². The van der Waals surface area contributed by atoms with Crippen LogP contribution in [0, 0.1) is 11.8 Å². The number of esters is 1. The monoisotopic (exact) mass is 241 g/mol. The Morgan fingerprint density at radius 1 is 1.24 bits per heavy atom. The van der Waals surface area contributed by atoms with Crippen LogP contribution in [0.3, 0.4) is 0 Å². The maximum atomic E-state index is 11.8. The molecule has 1 fully saturated rings. The minimum atomic E-state index is -0.00607. The molecule has 17 heavy (non-hydrogen) atoms. The van der Waals surface area contributed by atoms with Crippen LogP contribution in [0.15, 0.2) is 0 Å². The second-order valence-corrected chi connectivity index (χ2v) is 5.11. The predicted molar refractivity (Wildman–Crippen MR) is 69.6 cm³/mol. The third-order valence-electron chi connectivity index (χ3n) is 3.76. The van der Waals surface area contributed by atoms with Gasteiger partial charge in [-0.05, 0) is 31.7 Å². The topological polar surface area (TPSA) is 52.3 Å². The lowest BCUT2D eigenvalue weighted by Gasteiger charge is -2.16. The largest absolute Gasteiger partial charge is 0.465 e. The first kappa shape index (κ1) is 14.5. The minimum Gasteiger partial charge on any atom is -0.465 e. The summed E-state index contributed by atoms with van der Waals surface area (Å²) in [4.78, 5) is 11.8. The van der Waals surface area contributed by atoms with Gasteiger partial charge in [0.25, 0.3) is 0 Å². The quantitative estimate of drug-likeness (QED) is 0.525. The molecule has 0 aromatic carbocycles. The van der Waals surface area contributed by atoms with E-state index < -0.39 is 0 Å². The van der Waals surface area contributed by atoms with E-state index in [9.17, 15) is 4.79 Å². The molecule has 0 aromatic rings. The summed E-state index contributed by atoms with van der Waals surface area (Å²) >= 11 is 0. The van der Waals surface area contributed by atoms with E-state index >= 15 is 0 Å². The Labute approximate surface area is 105 Å². The van der Waals surface area contributed by atoms with Crippen LogP contribution in [0.25, 0.3) is 0 Å². The van der Waals surface area contributed by atoms with E-state index in [1.165, 1.54) is 25.7 Å². The van der Waals surface area contributed by atoms with Gasteiger partial charge in [-0.3, -0.25) is 4.79 Å². The highest BCUT2D eigenvalue weighted by atomic mass is 16.5. The number of hydrogen-bond acceptors (Lipinski definition) is 3. The van der Waals surface area contributed by atoms with Crippen molar-refractivity contribution in [1.29, 1.82) is 0 Å². The first-order chi connectivity index (χ1) is 8.29. The molecule has 0 radical (unpaired) electrons. The summed E-state index contributed by atoms with van der Waals surface area (Å²) in [5.41, 5.74) is 5.66. The van der Waals surface area contributed by atoms with E-state index in [0.717, 1.165) is 25.7 Å². The molecule has 1 rings (SSSR count). The summed E-state index contributed by atoms with van der Waals surface area (Å²) in [6.45, 7) is 3.42. The highest BCUT2D eigenvalue weighted by Gasteiger charge is 2.32. The van der Waals surface area contributed by atoms with Crippen LogP contribution in [0.1, 0.15) is 58.3 Å². The van der Waals surface area contributed by atoms with E-state index in [1.807, 2.05) is 0 Å². The molecule has 0 aliphatic heterocycles. The van der Waals surface area contributed by atoms with E-state index in [4.69, 9.17) is 10.5 Å². The Bertz CT molecular complexity index is 218. The van der Waals surface area contributed by atoms with Gasteiger partial charge in [-0.1, -0.05) is 39.0 Å². The molecule has 0 bridgehead atoms. The maximum absolute atomic E-state index is 11.8. The molecular weight excluding hydrogens is 214 g/mol. The van der Waals surface area contributed by atoms with Gasteiger partial charge in [0.2, 0.25) is 0 Å². The first-order valence-corrected chi connectivity index (χ1v) is 7.16. The molecule has 2 N–H and O–H groups in total. The Balaban J connectivity index is 2.08. The van der Waals surface area contributed by atoms with Crippen molar-refractivity contribution in [2.45, 2.75) is 58.3 Å². The van der Waals surface area contributed by atoms with Gasteiger partial charge in [0.1, 0.15) is 0 Å². The number of ether oxygens (including phenoxy) is 1. The molecule has 3 nitrogen and oxygen atoms in total. The summed E-state index contributed by atoms with van der Waals surface area (Å²) in [6.07, 6.45) is 9.15. The van der Waals surface area contributed by atoms with Gasteiger partial charge in [0.05, 0.1) is 12.5 Å². The average molecular weight is 241 g/mol. The molecule has 0 aromatic heterocycles. The van der Waals surface area contributed by atoms with Crippen molar-refractivity contribution < 1.29 is 9.53 Å². The molecule has 1 aliphatic rings.